The summed E-state index contributed by atoms with van der Waals surface area (Å²) in [5.74, 6) is -0.675. The summed E-state index contributed by atoms with van der Waals surface area (Å²) in [6.07, 6.45) is 3.11. The Morgan fingerprint density at radius 2 is 1.85 bits per heavy atom. The van der Waals surface area contributed by atoms with Gasteiger partial charge >= 0.3 is 5.97 Å². The number of esters is 1. The Balaban J connectivity index is 2.48. The maximum Gasteiger partial charge on any atom is 0.330 e. The van der Waals surface area contributed by atoms with Gasteiger partial charge in [-0.2, -0.15) is 0 Å². The van der Waals surface area contributed by atoms with E-state index in [9.17, 15) is 9.18 Å². The van der Waals surface area contributed by atoms with Crippen molar-refractivity contribution in [3.8, 4) is 11.1 Å². The Hall–Kier alpha value is -2.42. The highest BCUT2D eigenvalue weighted by molar-refractivity contribution is 5.89. The van der Waals surface area contributed by atoms with Gasteiger partial charge in [0.15, 0.2) is 0 Å². The first-order valence-electron chi connectivity index (χ1n) is 6.23. The quantitative estimate of drug-likeness (QED) is 0.622. The highest BCUT2D eigenvalue weighted by Gasteiger charge is 2.06. The zero-order valence-corrected chi connectivity index (χ0v) is 11.4. The molecule has 0 saturated heterocycles. The maximum atomic E-state index is 13.0. The molecule has 0 N–H and O–H groups in total. The van der Waals surface area contributed by atoms with Crippen LogP contribution in [0.25, 0.3) is 17.2 Å². The minimum atomic E-state index is -0.404. The first-order valence-corrected chi connectivity index (χ1v) is 6.23. The number of carbonyl (C=O) groups is 1. The molecule has 102 valence electrons. The van der Waals surface area contributed by atoms with Gasteiger partial charge in [0, 0.05) is 6.08 Å². The molecule has 0 aliphatic carbocycles. The molecule has 2 aromatic carbocycles. The van der Waals surface area contributed by atoms with E-state index in [1.54, 1.807) is 18.2 Å². The van der Waals surface area contributed by atoms with Crippen molar-refractivity contribution in [1.82, 2.24) is 0 Å². The molecule has 0 aliphatic rings. The van der Waals surface area contributed by atoms with Crippen LogP contribution in [0.15, 0.2) is 48.5 Å². The third kappa shape index (κ3) is 3.12. The van der Waals surface area contributed by atoms with E-state index < -0.39 is 5.97 Å². The summed E-state index contributed by atoms with van der Waals surface area (Å²) in [6.45, 7) is 1.96. The van der Waals surface area contributed by atoms with Gasteiger partial charge in [0.25, 0.3) is 0 Å². The number of benzene rings is 2. The molecule has 0 bridgehead atoms. The molecule has 0 aliphatic heterocycles. The molecule has 3 heteroatoms. The summed E-state index contributed by atoms with van der Waals surface area (Å²) in [5, 5.41) is 0. The highest BCUT2D eigenvalue weighted by Crippen LogP contribution is 2.27. The van der Waals surface area contributed by atoms with Crippen LogP contribution in [0.4, 0.5) is 4.39 Å². The third-order valence-corrected chi connectivity index (χ3v) is 3.07. The van der Waals surface area contributed by atoms with Crippen LogP contribution in [0.3, 0.4) is 0 Å². The van der Waals surface area contributed by atoms with Crippen LogP contribution in [0, 0.1) is 12.7 Å². The monoisotopic (exact) mass is 270 g/mol. The van der Waals surface area contributed by atoms with Crippen molar-refractivity contribution in [2.24, 2.45) is 0 Å². The van der Waals surface area contributed by atoms with Crippen molar-refractivity contribution >= 4 is 12.0 Å². The maximum absolute atomic E-state index is 13.0. The molecule has 0 saturated carbocycles. The second-order valence-corrected chi connectivity index (χ2v) is 4.40. The van der Waals surface area contributed by atoms with Gasteiger partial charge in [0.2, 0.25) is 0 Å². The predicted molar refractivity (Wildman–Crippen MR) is 77.6 cm³/mol. The summed E-state index contributed by atoms with van der Waals surface area (Å²) in [5.41, 5.74) is 3.81. The number of carbonyl (C=O) groups excluding carboxylic acids is 1. The van der Waals surface area contributed by atoms with E-state index in [1.807, 2.05) is 25.1 Å². The number of hydrogen-bond acceptors (Lipinski definition) is 2. The van der Waals surface area contributed by atoms with Crippen molar-refractivity contribution in [2.45, 2.75) is 6.92 Å². The van der Waals surface area contributed by atoms with Crippen LogP contribution >= 0.6 is 0 Å². The van der Waals surface area contributed by atoms with E-state index >= 15 is 0 Å². The lowest BCUT2D eigenvalue weighted by molar-refractivity contribution is -0.134. The van der Waals surface area contributed by atoms with Gasteiger partial charge in [-0.1, -0.05) is 30.3 Å². The van der Waals surface area contributed by atoms with Crippen LogP contribution in [0.1, 0.15) is 11.1 Å². The fourth-order valence-corrected chi connectivity index (χ4v) is 2.00. The van der Waals surface area contributed by atoms with E-state index in [2.05, 4.69) is 4.74 Å². The van der Waals surface area contributed by atoms with E-state index in [0.717, 1.165) is 22.3 Å². The number of aryl methyl sites for hydroxylation is 1. The Kier molecular flexibility index (Phi) is 4.31. The number of rotatable bonds is 3. The molecule has 0 unspecified atom stereocenters. The lowest BCUT2D eigenvalue weighted by atomic mass is 9.95. The molecule has 0 amide bonds. The van der Waals surface area contributed by atoms with Gasteiger partial charge in [-0.05, 0) is 47.4 Å². The molecular formula is C17H15FO2. The van der Waals surface area contributed by atoms with Crippen LogP contribution in [-0.4, -0.2) is 13.1 Å². The van der Waals surface area contributed by atoms with Crippen molar-refractivity contribution < 1.29 is 13.9 Å². The fraction of sp³-hybridized carbons (Fsp3) is 0.118. The third-order valence-electron chi connectivity index (χ3n) is 3.07. The molecule has 2 rings (SSSR count). The van der Waals surface area contributed by atoms with Gasteiger partial charge in [0.05, 0.1) is 7.11 Å². The van der Waals surface area contributed by atoms with Gasteiger partial charge in [0.1, 0.15) is 5.82 Å². The van der Waals surface area contributed by atoms with E-state index in [0.29, 0.717) is 0 Å². The van der Waals surface area contributed by atoms with Crippen molar-refractivity contribution in [3.63, 3.8) is 0 Å². The summed E-state index contributed by atoms with van der Waals surface area (Å²) < 4.78 is 17.6. The zero-order chi connectivity index (χ0) is 14.5. The second kappa shape index (κ2) is 6.15. The molecule has 0 heterocycles. The average molecular weight is 270 g/mol. The van der Waals surface area contributed by atoms with Gasteiger partial charge in [-0.25, -0.2) is 9.18 Å². The standard InChI is InChI=1S/C17H15FO2/c1-12-4-3-5-16(13-6-8-14(18)9-7-13)15(12)10-11-17(19)20-2/h3-11H,1-2H3/b11-10+. The van der Waals surface area contributed by atoms with Crippen LogP contribution in [0.5, 0.6) is 0 Å². The van der Waals surface area contributed by atoms with Crippen LogP contribution < -0.4 is 0 Å². The van der Waals surface area contributed by atoms with Crippen molar-refractivity contribution in [2.75, 3.05) is 7.11 Å². The lowest BCUT2D eigenvalue weighted by Crippen LogP contribution is -1.94. The molecular weight excluding hydrogens is 255 g/mol. The largest absolute Gasteiger partial charge is 0.466 e. The van der Waals surface area contributed by atoms with Crippen molar-refractivity contribution in [1.29, 1.82) is 0 Å². The number of ether oxygens (including phenoxy) is 1. The molecule has 0 atom stereocenters. The van der Waals surface area contributed by atoms with Crippen LogP contribution in [0.2, 0.25) is 0 Å². The molecule has 0 aromatic heterocycles. The van der Waals surface area contributed by atoms with Gasteiger partial charge < -0.3 is 4.74 Å². The van der Waals surface area contributed by atoms with Crippen molar-refractivity contribution in [3.05, 3.63) is 65.5 Å². The average Bonchev–Trinajstić information content (AvgIpc) is 2.46. The number of halogens is 1. The Morgan fingerprint density at radius 3 is 2.50 bits per heavy atom. The Labute approximate surface area is 117 Å². The van der Waals surface area contributed by atoms with Gasteiger partial charge in [-0.15, -0.1) is 0 Å². The van der Waals surface area contributed by atoms with E-state index in [-0.39, 0.29) is 5.82 Å². The first-order chi connectivity index (χ1) is 9.61. The zero-order valence-electron chi connectivity index (χ0n) is 11.4. The first kappa shape index (κ1) is 14.0. The minimum Gasteiger partial charge on any atom is -0.466 e. The smallest absolute Gasteiger partial charge is 0.330 e. The topological polar surface area (TPSA) is 26.3 Å². The number of methoxy groups -OCH3 is 1. The molecule has 0 spiro atoms. The molecule has 0 fully saturated rings. The molecule has 2 aromatic rings. The molecule has 0 radical (unpaired) electrons. The van der Waals surface area contributed by atoms with Crippen LogP contribution in [-0.2, 0) is 9.53 Å². The van der Waals surface area contributed by atoms with Gasteiger partial charge in [-0.3, -0.25) is 0 Å². The Morgan fingerprint density at radius 1 is 1.15 bits per heavy atom. The molecule has 20 heavy (non-hydrogen) atoms. The highest BCUT2D eigenvalue weighted by atomic mass is 19.1. The summed E-state index contributed by atoms with van der Waals surface area (Å²) in [4.78, 5) is 11.2. The Bertz CT molecular complexity index is 643. The summed E-state index contributed by atoms with van der Waals surface area (Å²) >= 11 is 0. The SMILES string of the molecule is COC(=O)/C=C/c1c(C)cccc1-c1ccc(F)cc1. The summed E-state index contributed by atoms with van der Waals surface area (Å²) in [6, 6.07) is 12.1. The lowest BCUT2D eigenvalue weighted by Gasteiger charge is -2.09. The van der Waals surface area contributed by atoms with E-state index in [1.165, 1.54) is 25.3 Å². The normalized spacial score (nSPS) is 10.8. The molecule has 2 nitrogen and oxygen atoms in total. The van der Waals surface area contributed by atoms with E-state index in [4.69, 9.17) is 0 Å². The second-order valence-electron chi connectivity index (χ2n) is 4.40. The number of hydrogen-bond donors (Lipinski definition) is 0. The predicted octanol–water partition coefficient (Wildman–Crippen LogP) is 3.99. The fourth-order valence-electron chi connectivity index (χ4n) is 2.00. The minimum absolute atomic E-state index is 0.270. The summed E-state index contributed by atoms with van der Waals surface area (Å²) in [7, 11) is 1.34.